The summed E-state index contributed by atoms with van der Waals surface area (Å²) in [6, 6.07) is 5.96. The highest BCUT2D eigenvalue weighted by molar-refractivity contribution is 5.78. The van der Waals surface area contributed by atoms with Gasteiger partial charge in [0.15, 0.2) is 0 Å². The number of rotatable bonds is 1. The average molecular weight is 188 g/mol. The van der Waals surface area contributed by atoms with E-state index in [1.54, 1.807) is 0 Å². The molecule has 2 heterocycles. The quantitative estimate of drug-likeness (QED) is 0.612. The van der Waals surface area contributed by atoms with Gasteiger partial charge in [0.25, 0.3) is 0 Å². The normalized spacial score (nSPS) is 13.1. The molecule has 1 aromatic carbocycles. The second-order valence-corrected chi connectivity index (χ2v) is 3.03. The first-order chi connectivity index (χ1) is 6.93. The molecule has 14 heavy (non-hydrogen) atoms. The van der Waals surface area contributed by atoms with Crippen molar-refractivity contribution in [1.29, 1.82) is 0 Å². The number of hydrogen-bond donors (Lipinski definition) is 3. The lowest BCUT2D eigenvalue weighted by molar-refractivity contribution is 0.881. The van der Waals surface area contributed by atoms with E-state index < -0.39 is 0 Å². The van der Waals surface area contributed by atoms with Crippen LogP contribution in [0.4, 0.5) is 11.4 Å². The largest absolute Gasteiger partial charge is 0.366 e. The number of nitrogens with one attached hydrogen (secondary N) is 3. The summed E-state index contributed by atoms with van der Waals surface area (Å²) in [5.41, 5.74) is 3.14. The van der Waals surface area contributed by atoms with Crippen molar-refractivity contribution in [2.24, 2.45) is 0 Å². The molecule has 3 rings (SSSR count). The first-order valence-electron chi connectivity index (χ1n) is 4.29. The number of nitrogens with zero attached hydrogens (tertiary/aromatic N) is 3. The first-order valence-corrected chi connectivity index (χ1v) is 4.29. The monoisotopic (exact) mass is 188 g/mol. The summed E-state index contributed by atoms with van der Waals surface area (Å²) in [6.07, 6.45) is 0. The summed E-state index contributed by atoms with van der Waals surface area (Å²) in [6.45, 7) is 0.769. The molecule has 0 aliphatic carbocycles. The topological polar surface area (TPSA) is 78.5 Å². The van der Waals surface area contributed by atoms with Crippen molar-refractivity contribution < 1.29 is 0 Å². The summed E-state index contributed by atoms with van der Waals surface area (Å²) in [4.78, 5) is 0. The number of tetrazole rings is 1. The van der Waals surface area contributed by atoms with E-state index in [4.69, 9.17) is 0 Å². The maximum absolute atomic E-state index is 3.92. The van der Waals surface area contributed by atoms with Crippen LogP contribution >= 0.6 is 0 Å². The molecule has 0 atom stereocenters. The van der Waals surface area contributed by atoms with Crippen LogP contribution in [-0.2, 0) is 0 Å². The number of aromatic amines is 1. The lowest BCUT2D eigenvalue weighted by atomic mass is 10.1. The molecule has 1 aliphatic heterocycles. The molecule has 0 amide bonds. The van der Waals surface area contributed by atoms with E-state index in [1.165, 1.54) is 0 Å². The van der Waals surface area contributed by atoms with E-state index in [2.05, 4.69) is 31.3 Å². The second kappa shape index (κ2) is 2.69. The third-order valence-corrected chi connectivity index (χ3v) is 2.18. The Hall–Kier alpha value is -2.11. The van der Waals surface area contributed by atoms with E-state index in [1.807, 2.05) is 18.2 Å². The van der Waals surface area contributed by atoms with Gasteiger partial charge in [0.2, 0.25) is 5.82 Å². The highest BCUT2D eigenvalue weighted by Crippen LogP contribution is 2.29. The Balaban J connectivity index is 2.09. The highest BCUT2D eigenvalue weighted by atomic mass is 15.5. The van der Waals surface area contributed by atoms with Gasteiger partial charge in [-0.3, -0.25) is 0 Å². The van der Waals surface area contributed by atoms with Crippen molar-refractivity contribution in [2.45, 2.75) is 0 Å². The Morgan fingerprint density at radius 2 is 2.07 bits per heavy atom. The predicted molar refractivity (Wildman–Crippen MR) is 51.7 cm³/mol. The van der Waals surface area contributed by atoms with E-state index in [0.29, 0.717) is 5.82 Å². The van der Waals surface area contributed by atoms with Gasteiger partial charge in [-0.25, -0.2) is 0 Å². The summed E-state index contributed by atoms with van der Waals surface area (Å²) in [5.74, 6) is 0.612. The van der Waals surface area contributed by atoms with Crippen LogP contribution in [-0.4, -0.2) is 27.3 Å². The van der Waals surface area contributed by atoms with Gasteiger partial charge in [-0.1, -0.05) is 0 Å². The minimum absolute atomic E-state index is 0.612. The van der Waals surface area contributed by atoms with Crippen molar-refractivity contribution in [3.63, 3.8) is 0 Å². The van der Waals surface area contributed by atoms with Crippen molar-refractivity contribution in [3.05, 3.63) is 18.2 Å². The number of anilines is 2. The molecule has 0 fully saturated rings. The maximum Gasteiger partial charge on any atom is 0.204 e. The van der Waals surface area contributed by atoms with Crippen LogP contribution in [0.3, 0.4) is 0 Å². The zero-order chi connectivity index (χ0) is 9.38. The van der Waals surface area contributed by atoms with Gasteiger partial charge >= 0.3 is 0 Å². The van der Waals surface area contributed by atoms with Crippen LogP contribution in [0.2, 0.25) is 0 Å². The Morgan fingerprint density at radius 1 is 1.14 bits per heavy atom. The number of aromatic nitrogens is 4. The Kier molecular flexibility index (Phi) is 1.41. The fourth-order valence-corrected chi connectivity index (χ4v) is 1.50. The number of H-pyrrole nitrogens is 1. The van der Waals surface area contributed by atoms with E-state index in [0.717, 1.165) is 23.6 Å². The molecule has 0 saturated carbocycles. The molecule has 70 valence electrons. The lowest BCUT2D eigenvalue weighted by Crippen LogP contribution is -1.98. The maximum atomic E-state index is 3.92. The van der Waals surface area contributed by atoms with Crippen LogP contribution in [0.25, 0.3) is 11.4 Å². The first kappa shape index (κ1) is 7.31. The molecular formula is C8H8N6. The lowest BCUT2D eigenvalue weighted by Gasteiger charge is -1.99. The molecule has 6 heteroatoms. The standard InChI is InChI=1S/C8H8N6/c1-2-6-7(10-4-9-6)3-5(1)8-11-13-14-12-8/h1-3,9-10H,4H2,(H,11,12,13,14). The number of benzene rings is 1. The minimum atomic E-state index is 0.612. The molecule has 3 N–H and O–H groups in total. The van der Waals surface area contributed by atoms with Gasteiger partial charge in [-0.2, -0.15) is 5.21 Å². The van der Waals surface area contributed by atoms with Crippen LogP contribution in [0.5, 0.6) is 0 Å². The van der Waals surface area contributed by atoms with Gasteiger partial charge in [0.05, 0.1) is 18.0 Å². The van der Waals surface area contributed by atoms with Crippen molar-refractivity contribution >= 4 is 11.4 Å². The van der Waals surface area contributed by atoms with Crippen molar-refractivity contribution in [3.8, 4) is 11.4 Å². The van der Waals surface area contributed by atoms with Crippen LogP contribution in [0.15, 0.2) is 18.2 Å². The molecule has 1 aliphatic rings. The molecule has 2 aromatic rings. The Morgan fingerprint density at radius 3 is 2.93 bits per heavy atom. The van der Waals surface area contributed by atoms with Gasteiger partial charge in [-0.05, 0) is 23.4 Å². The fourth-order valence-electron chi connectivity index (χ4n) is 1.50. The average Bonchev–Trinajstić information content (AvgIpc) is 2.88. The summed E-state index contributed by atoms with van der Waals surface area (Å²) in [5, 5.41) is 20.2. The fraction of sp³-hybridized carbons (Fsp3) is 0.125. The summed E-state index contributed by atoms with van der Waals surface area (Å²) in [7, 11) is 0. The van der Waals surface area contributed by atoms with Gasteiger partial charge in [-0.15, -0.1) is 10.2 Å². The van der Waals surface area contributed by atoms with E-state index in [-0.39, 0.29) is 0 Å². The van der Waals surface area contributed by atoms with Gasteiger partial charge in [0, 0.05) is 5.56 Å². The Labute approximate surface area is 79.7 Å². The molecule has 0 radical (unpaired) electrons. The van der Waals surface area contributed by atoms with Crippen molar-refractivity contribution in [2.75, 3.05) is 17.3 Å². The SMILES string of the molecule is c1cc2c(cc1-c1nn[nH]n1)NCN2. The van der Waals surface area contributed by atoms with Crippen molar-refractivity contribution in [1.82, 2.24) is 20.6 Å². The molecular weight excluding hydrogens is 180 g/mol. The smallest absolute Gasteiger partial charge is 0.204 e. The summed E-state index contributed by atoms with van der Waals surface area (Å²) < 4.78 is 0. The molecule has 1 aromatic heterocycles. The Bertz CT molecular complexity index is 449. The van der Waals surface area contributed by atoms with Crippen LogP contribution in [0.1, 0.15) is 0 Å². The van der Waals surface area contributed by atoms with Crippen LogP contribution in [0, 0.1) is 0 Å². The molecule has 0 spiro atoms. The zero-order valence-electron chi connectivity index (χ0n) is 7.28. The third-order valence-electron chi connectivity index (χ3n) is 2.18. The zero-order valence-corrected chi connectivity index (χ0v) is 7.28. The molecule has 6 nitrogen and oxygen atoms in total. The van der Waals surface area contributed by atoms with Gasteiger partial charge in [0.1, 0.15) is 0 Å². The minimum Gasteiger partial charge on any atom is -0.366 e. The molecule has 0 bridgehead atoms. The molecule has 0 unspecified atom stereocenters. The third kappa shape index (κ3) is 1.00. The highest BCUT2D eigenvalue weighted by Gasteiger charge is 2.11. The van der Waals surface area contributed by atoms with E-state index in [9.17, 15) is 0 Å². The van der Waals surface area contributed by atoms with E-state index >= 15 is 0 Å². The second-order valence-electron chi connectivity index (χ2n) is 3.03. The number of hydrogen-bond acceptors (Lipinski definition) is 5. The predicted octanol–water partition coefficient (Wildman–Crippen LogP) is 0.662. The summed E-state index contributed by atoms with van der Waals surface area (Å²) >= 11 is 0. The number of fused-ring (bicyclic) bond motifs is 1. The van der Waals surface area contributed by atoms with Gasteiger partial charge < -0.3 is 10.6 Å². The van der Waals surface area contributed by atoms with Crippen LogP contribution < -0.4 is 10.6 Å². The molecule has 0 saturated heterocycles.